The molecule has 1 aliphatic carbocycles. The molecule has 6 heteroatoms. The summed E-state index contributed by atoms with van der Waals surface area (Å²) >= 11 is 0.959. The smallest absolute Gasteiger partial charge is 0.293 e. The van der Waals surface area contributed by atoms with Crippen molar-refractivity contribution in [3.05, 3.63) is 53.1 Å². The Morgan fingerprint density at radius 2 is 1.81 bits per heavy atom. The van der Waals surface area contributed by atoms with Crippen molar-refractivity contribution < 1.29 is 18.4 Å². The van der Waals surface area contributed by atoms with Crippen molar-refractivity contribution in [3.8, 4) is 11.1 Å². The number of nitrogens with zero attached hydrogens (tertiary/aromatic N) is 1. The third-order valence-corrected chi connectivity index (χ3v) is 5.76. The normalized spacial score (nSPS) is 20.3. The molecule has 1 saturated heterocycles. The Balaban J connectivity index is 1.61. The first-order chi connectivity index (χ1) is 12.6. The summed E-state index contributed by atoms with van der Waals surface area (Å²) in [5.41, 5.74) is 1.55. The van der Waals surface area contributed by atoms with Crippen molar-refractivity contribution >= 4 is 29.0 Å². The van der Waals surface area contributed by atoms with Crippen molar-refractivity contribution in [2.75, 3.05) is 0 Å². The lowest BCUT2D eigenvalue weighted by atomic mass is 9.94. The molecule has 1 aromatic carbocycles. The van der Waals surface area contributed by atoms with Crippen LogP contribution < -0.4 is 0 Å². The van der Waals surface area contributed by atoms with E-state index in [0.29, 0.717) is 10.7 Å². The largest absolute Gasteiger partial charge is 0.464 e. The van der Waals surface area contributed by atoms with E-state index in [1.165, 1.54) is 23.3 Å². The summed E-state index contributed by atoms with van der Waals surface area (Å²) in [6.45, 7) is 0. The molecular formula is C20H18FNO3S. The van der Waals surface area contributed by atoms with Crippen LogP contribution in [0.15, 0.2) is 45.9 Å². The predicted molar refractivity (Wildman–Crippen MR) is 98.8 cm³/mol. The average molecular weight is 371 g/mol. The van der Waals surface area contributed by atoms with E-state index in [4.69, 9.17) is 4.42 Å². The highest BCUT2D eigenvalue weighted by Crippen LogP contribution is 2.38. The van der Waals surface area contributed by atoms with Gasteiger partial charge in [0.15, 0.2) is 0 Å². The molecule has 2 aliphatic rings. The number of amides is 2. The van der Waals surface area contributed by atoms with Gasteiger partial charge in [-0.05, 0) is 48.4 Å². The van der Waals surface area contributed by atoms with Crippen LogP contribution in [0.5, 0.6) is 0 Å². The number of hydrogen-bond donors (Lipinski definition) is 0. The molecule has 0 unspecified atom stereocenters. The van der Waals surface area contributed by atoms with Crippen molar-refractivity contribution in [2.24, 2.45) is 0 Å². The minimum absolute atomic E-state index is 0.00956. The molecule has 0 radical (unpaired) electrons. The zero-order chi connectivity index (χ0) is 18.1. The highest BCUT2D eigenvalue weighted by atomic mass is 32.2. The number of thioether (sulfide) groups is 1. The number of carbonyl (C=O) groups excluding carboxylic acids is 2. The second-order valence-corrected chi connectivity index (χ2v) is 7.54. The average Bonchev–Trinajstić information content (AvgIpc) is 3.21. The van der Waals surface area contributed by atoms with E-state index in [-0.39, 0.29) is 23.0 Å². The van der Waals surface area contributed by atoms with Crippen molar-refractivity contribution in [2.45, 2.75) is 38.1 Å². The van der Waals surface area contributed by atoms with Gasteiger partial charge in [-0.1, -0.05) is 31.4 Å². The van der Waals surface area contributed by atoms with Crippen LogP contribution in [-0.4, -0.2) is 22.1 Å². The van der Waals surface area contributed by atoms with Gasteiger partial charge in [0.2, 0.25) is 0 Å². The number of carbonyl (C=O) groups is 2. The van der Waals surface area contributed by atoms with Crippen molar-refractivity contribution in [1.29, 1.82) is 0 Å². The van der Waals surface area contributed by atoms with Gasteiger partial charge < -0.3 is 4.42 Å². The Morgan fingerprint density at radius 3 is 2.54 bits per heavy atom. The van der Waals surface area contributed by atoms with Crippen LogP contribution in [0, 0.1) is 5.82 Å². The van der Waals surface area contributed by atoms with Gasteiger partial charge in [-0.15, -0.1) is 0 Å². The number of hydrogen-bond acceptors (Lipinski definition) is 4. The molecule has 2 fully saturated rings. The monoisotopic (exact) mass is 371 g/mol. The first kappa shape index (κ1) is 17.1. The van der Waals surface area contributed by atoms with Gasteiger partial charge in [0, 0.05) is 17.7 Å². The van der Waals surface area contributed by atoms with Crippen LogP contribution in [0.2, 0.25) is 0 Å². The molecule has 0 spiro atoms. The van der Waals surface area contributed by atoms with Crippen molar-refractivity contribution in [3.63, 3.8) is 0 Å². The fourth-order valence-electron chi connectivity index (χ4n) is 3.55. The third kappa shape index (κ3) is 3.21. The molecule has 2 aromatic rings. The zero-order valence-electron chi connectivity index (χ0n) is 14.1. The van der Waals surface area contributed by atoms with Crippen LogP contribution >= 0.6 is 11.8 Å². The molecule has 26 heavy (non-hydrogen) atoms. The van der Waals surface area contributed by atoms with E-state index >= 15 is 0 Å². The quantitative estimate of drug-likeness (QED) is 0.673. The number of furan rings is 1. The maximum absolute atomic E-state index is 13.1. The summed E-state index contributed by atoms with van der Waals surface area (Å²) < 4.78 is 18.7. The molecule has 134 valence electrons. The molecule has 4 nitrogen and oxygen atoms in total. The Morgan fingerprint density at radius 1 is 1.08 bits per heavy atom. The van der Waals surface area contributed by atoms with Crippen LogP contribution in [0.4, 0.5) is 9.18 Å². The first-order valence-corrected chi connectivity index (χ1v) is 9.55. The van der Waals surface area contributed by atoms with E-state index < -0.39 is 0 Å². The zero-order valence-corrected chi connectivity index (χ0v) is 14.9. The standard InChI is InChI=1S/C20H18FNO3S/c21-14-8-6-13(7-9-14)16-10-11-25-17(16)12-18-19(23)22(20(24)26-18)15-4-2-1-3-5-15/h6-12,15H,1-5H2/b18-12-. The molecular weight excluding hydrogens is 353 g/mol. The number of rotatable bonds is 3. The van der Waals surface area contributed by atoms with Gasteiger partial charge >= 0.3 is 0 Å². The molecule has 2 amide bonds. The fourth-order valence-corrected chi connectivity index (χ4v) is 4.42. The molecule has 2 heterocycles. The summed E-state index contributed by atoms with van der Waals surface area (Å²) in [5.74, 6) is -0.0634. The summed E-state index contributed by atoms with van der Waals surface area (Å²) in [6.07, 6.45) is 8.18. The summed E-state index contributed by atoms with van der Waals surface area (Å²) in [5, 5.41) is -0.206. The van der Waals surface area contributed by atoms with Crippen molar-refractivity contribution in [1.82, 2.24) is 4.90 Å². The molecule has 0 atom stereocenters. The van der Waals surface area contributed by atoms with Gasteiger partial charge in [0.1, 0.15) is 11.6 Å². The van der Waals surface area contributed by atoms with Gasteiger partial charge in [-0.3, -0.25) is 14.5 Å². The molecule has 1 aromatic heterocycles. The summed E-state index contributed by atoms with van der Waals surface area (Å²) in [4.78, 5) is 26.9. The molecule has 4 rings (SSSR count). The van der Waals surface area contributed by atoms with Gasteiger partial charge in [-0.2, -0.15) is 0 Å². The lowest BCUT2D eigenvalue weighted by Gasteiger charge is -2.28. The number of halogens is 1. The van der Waals surface area contributed by atoms with E-state index in [9.17, 15) is 14.0 Å². The summed E-state index contributed by atoms with van der Waals surface area (Å²) in [7, 11) is 0. The fraction of sp³-hybridized carbons (Fsp3) is 0.300. The van der Waals surface area contributed by atoms with Gasteiger partial charge in [0.05, 0.1) is 11.2 Å². The Labute approximate surface area is 155 Å². The summed E-state index contributed by atoms with van der Waals surface area (Å²) in [6, 6.07) is 7.85. The molecule has 0 bridgehead atoms. The Bertz CT molecular complexity index is 865. The number of benzene rings is 1. The Kier molecular flexibility index (Phi) is 4.68. The maximum Gasteiger partial charge on any atom is 0.293 e. The molecule has 1 aliphatic heterocycles. The van der Waals surface area contributed by atoms with E-state index in [1.807, 2.05) is 0 Å². The lowest BCUT2D eigenvalue weighted by Crippen LogP contribution is -2.39. The van der Waals surface area contributed by atoms with Crippen LogP contribution in [0.25, 0.3) is 17.2 Å². The second kappa shape index (κ2) is 7.11. The SMILES string of the molecule is O=C1S/C(=C\c2occc2-c2ccc(F)cc2)C(=O)N1C1CCCCC1. The molecule has 0 N–H and O–H groups in total. The minimum atomic E-state index is -0.313. The first-order valence-electron chi connectivity index (χ1n) is 8.74. The number of imide groups is 1. The highest BCUT2D eigenvalue weighted by Gasteiger charge is 2.40. The topological polar surface area (TPSA) is 50.5 Å². The third-order valence-electron chi connectivity index (χ3n) is 4.88. The van der Waals surface area contributed by atoms with Crippen LogP contribution in [0.3, 0.4) is 0 Å². The van der Waals surface area contributed by atoms with Crippen LogP contribution in [0.1, 0.15) is 37.9 Å². The minimum Gasteiger partial charge on any atom is -0.464 e. The maximum atomic E-state index is 13.1. The Hall–Kier alpha value is -2.34. The van der Waals surface area contributed by atoms with Gasteiger partial charge in [-0.25, -0.2) is 4.39 Å². The van der Waals surface area contributed by atoms with Crippen LogP contribution in [-0.2, 0) is 4.79 Å². The van der Waals surface area contributed by atoms with E-state index in [2.05, 4.69) is 0 Å². The lowest BCUT2D eigenvalue weighted by molar-refractivity contribution is -0.124. The predicted octanol–water partition coefficient (Wildman–Crippen LogP) is 5.45. The highest BCUT2D eigenvalue weighted by molar-refractivity contribution is 8.18. The van der Waals surface area contributed by atoms with Gasteiger partial charge in [0.25, 0.3) is 11.1 Å². The molecule has 1 saturated carbocycles. The van der Waals surface area contributed by atoms with E-state index in [1.54, 1.807) is 24.3 Å². The van der Waals surface area contributed by atoms with E-state index in [0.717, 1.165) is 55.0 Å². The second-order valence-electron chi connectivity index (χ2n) is 6.55.